The molecule has 10 heteroatoms. The van der Waals surface area contributed by atoms with Crippen molar-refractivity contribution < 1.29 is 22.7 Å². The maximum absolute atomic E-state index is 13.1. The molecular formula is C26H33N3O5S2. The highest BCUT2D eigenvalue weighted by atomic mass is 32.2. The molecule has 1 fully saturated rings. The Balaban J connectivity index is 1.64. The normalized spacial score (nSPS) is 15.6. The average molecular weight is 532 g/mol. The van der Waals surface area contributed by atoms with Crippen molar-refractivity contribution in [3.8, 4) is 5.75 Å². The number of methoxy groups -OCH3 is 1. The van der Waals surface area contributed by atoms with E-state index in [4.69, 9.17) is 9.47 Å². The van der Waals surface area contributed by atoms with Gasteiger partial charge in [0.1, 0.15) is 11.3 Å². The third-order valence-electron chi connectivity index (χ3n) is 6.55. The Bertz CT molecular complexity index is 1370. The number of benzene rings is 2. The highest BCUT2D eigenvalue weighted by Gasteiger charge is 2.29. The summed E-state index contributed by atoms with van der Waals surface area (Å²) in [6, 6.07) is 11.9. The van der Waals surface area contributed by atoms with Crippen LogP contribution in [-0.4, -0.2) is 56.6 Å². The van der Waals surface area contributed by atoms with E-state index in [2.05, 4.69) is 4.99 Å². The van der Waals surface area contributed by atoms with Gasteiger partial charge in [-0.05, 0) is 56.2 Å². The largest absolute Gasteiger partial charge is 0.492 e. The van der Waals surface area contributed by atoms with E-state index in [-0.39, 0.29) is 10.9 Å². The zero-order valence-electron chi connectivity index (χ0n) is 21.0. The summed E-state index contributed by atoms with van der Waals surface area (Å²) in [5.41, 5.74) is 1.20. The molecule has 1 saturated carbocycles. The average Bonchev–Trinajstić information content (AvgIpc) is 3.25. The van der Waals surface area contributed by atoms with Crippen molar-refractivity contribution in [2.75, 3.05) is 27.4 Å². The van der Waals surface area contributed by atoms with Gasteiger partial charge in [0.2, 0.25) is 10.0 Å². The molecule has 1 amide bonds. The summed E-state index contributed by atoms with van der Waals surface area (Å²) >= 11 is 1.40. The fraction of sp³-hybridized carbons (Fsp3) is 0.462. The molecule has 1 aliphatic rings. The van der Waals surface area contributed by atoms with Gasteiger partial charge >= 0.3 is 0 Å². The number of thiazole rings is 1. The van der Waals surface area contributed by atoms with Gasteiger partial charge in [-0.3, -0.25) is 4.79 Å². The smallest absolute Gasteiger partial charge is 0.279 e. The van der Waals surface area contributed by atoms with Gasteiger partial charge in [-0.1, -0.05) is 36.7 Å². The number of carbonyl (C=O) groups is 1. The van der Waals surface area contributed by atoms with Gasteiger partial charge in [0.25, 0.3) is 5.91 Å². The molecule has 1 aliphatic carbocycles. The van der Waals surface area contributed by atoms with E-state index in [1.54, 1.807) is 14.2 Å². The zero-order chi connectivity index (χ0) is 25.7. The number of rotatable bonds is 9. The van der Waals surface area contributed by atoms with E-state index in [9.17, 15) is 13.2 Å². The maximum Gasteiger partial charge on any atom is 0.279 e. The number of nitrogens with zero attached hydrogens (tertiary/aromatic N) is 3. The van der Waals surface area contributed by atoms with E-state index in [0.29, 0.717) is 30.1 Å². The van der Waals surface area contributed by atoms with Crippen LogP contribution < -0.4 is 9.54 Å². The molecule has 194 valence electrons. The van der Waals surface area contributed by atoms with Crippen molar-refractivity contribution in [1.29, 1.82) is 0 Å². The topological polar surface area (TPSA) is 90.2 Å². The second-order valence-electron chi connectivity index (χ2n) is 8.82. The van der Waals surface area contributed by atoms with Gasteiger partial charge in [0.05, 0.1) is 22.8 Å². The summed E-state index contributed by atoms with van der Waals surface area (Å²) in [5.74, 6) is 0.295. The van der Waals surface area contributed by atoms with Crippen LogP contribution in [0.3, 0.4) is 0 Å². The predicted octanol–water partition coefficient (Wildman–Crippen LogP) is 4.44. The quantitative estimate of drug-likeness (QED) is 0.407. The molecule has 0 unspecified atom stereocenters. The molecule has 1 heterocycles. The molecular weight excluding hydrogens is 498 g/mol. The first-order chi connectivity index (χ1) is 17.4. The summed E-state index contributed by atoms with van der Waals surface area (Å²) in [4.78, 5) is 18.2. The predicted molar refractivity (Wildman–Crippen MR) is 141 cm³/mol. The summed E-state index contributed by atoms with van der Waals surface area (Å²) in [6.07, 6.45) is 5.02. The number of para-hydroxylation sites is 1. The molecule has 0 N–H and O–H groups in total. The summed E-state index contributed by atoms with van der Waals surface area (Å²) in [6.45, 7) is 3.41. The highest BCUT2D eigenvalue weighted by Crippen LogP contribution is 2.28. The van der Waals surface area contributed by atoms with Crippen molar-refractivity contribution in [1.82, 2.24) is 8.87 Å². The van der Waals surface area contributed by atoms with E-state index in [1.165, 1.54) is 39.9 Å². The van der Waals surface area contributed by atoms with Crippen LogP contribution in [0.2, 0.25) is 0 Å². The van der Waals surface area contributed by atoms with Crippen molar-refractivity contribution in [3.63, 3.8) is 0 Å². The van der Waals surface area contributed by atoms with Crippen LogP contribution in [0.25, 0.3) is 10.2 Å². The summed E-state index contributed by atoms with van der Waals surface area (Å²) in [7, 11) is -0.347. The molecule has 8 nitrogen and oxygen atoms in total. The zero-order valence-corrected chi connectivity index (χ0v) is 22.6. The monoisotopic (exact) mass is 531 g/mol. The Morgan fingerprint density at radius 1 is 1.14 bits per heavy atom. The van der Waals surface area contributed by atoms with Crippen LogP contribution in [0.4, 0.5) is 0 Å². The molecule has 0 radical (unpaired) electrons. The van der Waals surface area contributed by atoms with Crippen LogP contribution in [-0.2, 0) is 21.3 Å². The van der Waals surface area contributed by atoms with Gasteiger partial charge in [-0.25, -0.2) is 8.42 Å². The molecule has 0 spiro atoms. The van der Waals surface area contributed by atoms with Crippen LogP contribution in [0, 0.1) is 0 Å². The number of hydrogen-bond acceptors (Lipinski definition) is 6. The summed E-state index contributed by atoms with van der Waals surface area (Å²) < 4.78 is 41.7. The van der Waals surface area contributed by atoms with Gasteiger partial charge in [0.15, 0.2) is 4.80 Å². The molecule has 4 rings (SSSR count). The Hall–Kier alpha value is -2.53. The number of fused-ring (bicyclic) bond motifs is 1. The number of aromatic nitrogens is 1. The fourth-order valence-electron chi connectivity index (χ4n) is 4.57. The number of ether oxygens (including phenoxy) is 2. The Morgan fingerprint density at radius 2 is 1.86 bits per heavy atom. The second kappa shape index (κ2) is 11.7. The van der Waals surface area contributed by atoms with E-state index < -0.39 is 15.9 Å². The first-order valence-electron chi connectivity index (χ1n) is 12.3. The van der Waals surface area contributed by atoms with Crippen LogP contribution in [0.15, 0.2) is 52.4 Å². The summed E-state index contributed by atoms with van der Waals surface area (Å²) in [5, 5.41) is 0. The molecule has 0 aliphatic heterocycles. The molecule has 0 bridgehead atoms. The fourth-order valence-corrected chi connectivity index (χ4v) is 7.06. The van der Waals surface area contributed by atoms with Crippen molar-refractivity contribution in [3.05, 3.63) is 52.8 Å². The van der Waals surface area contributed by atoms with E-state index >= 15 is 0 Å². The number of hydrogen-bond donors (Lipinski definition) is 0. The van der Waals surface area contributed by atoms with Crippen molar-refractivity contribution in [2.45, 2.75) is 56.5 Å². The van der Waals surface area contributed by atoms with Crippen LogP contribution in [0.5, 0.6) is 5.75 Å². The Kier molecular flexibility index (Phi) is 8.61. The van der Waals surface area contributed by atoms with Gasteiger partial charge in [0, 0.05) is 32.3 Å². The van der Waals surface area contributed by atoms with E-state index in [0.717, 1.165) is 48.1 Å². The first-order valence-corrected chi connectivity index (χ1v) is 14.5. The van der Waals surface area contributed by atoms with Gasteiger partial charge in [-0.15, -0.1) is 0 Å². The lowest BCUT2D eigenvalue weighted by Gasteiger charge is -2.30. The molecule has 2 aromatic carbocycles. The van der Waals surface area contributed by atoms with Crippen LogP contribution in [0.1, 0.15) is 49.4 Å². The highest BCUT2D eigenvalue weighted by molar-refractivity contribution is 7.89. The van der Waals surface area contributed by atoms with Gasteiger partial charge in [-0.2, -0.15) is 9.30 Å². The Morgan fingerprint density at radius 3 is 2.53 bits per heavy atom. The lowest BCUT2D eigenvalue weighted by Crippen LogP contribution is -2.38. The van der Waals surface area contributed by atoms with Crippen LogP contribution >= 0.6 is 11.3 Å². The van der Waals surface area contributed by atoms with Crippen molar-refractivity contribution in [2.24, 2.45) is 4.99 Å². The first kappa shape index (κ1) is 26.5. The molecule has 0 atom stereocenters. The second-order valence-corrected chi connectivity index (χ2v) is 11.8. The minimum Gasteiger partial charge on any atom is -0.492 e. The number of amides is 1. The molecule has 1 aromatic heterocycles. The molecule has 3 aromatic rings. The Labute approximate surface area is 216 Å². The minimum atomic E-state index is -3.62. The number of sulfonamides is 1. The SMILES string of the molecule is CCOc1cccc2sc(=NC(=O)c3ccc(S(=O)(=O)N(C)C4CCCCC4)cc3)n(CCOC)c12. The standard InChI is InChI=1S/C26H33N3O5S2/c1-4-34-22-11-8-12-23-24(22)29(17-18-33-3)26(35-23)27-25(30)19-13-15-21(16-14-19)36(31,32)28(2)20-9-6-5-7-10-20/h8,11-16,20H,4-7,9-10,17-18H2,1-3H3. The third kappa shape index (κ3) is 5.56. The van der Waals surface area contributed by atoms with E-state index in [1.807, 2.05) is 29.7 Å². The lowest BCUT2D eigenvalue weighted by molar-refractivity contribution is 0.0997. The number of carbonyl (C=O) groups excluding carboxylic acids is 1. The lowest BCUT2D eigenvalue weighted by atomic mass is 9.96. The maximum atomic E-state index is 13.1. The van der Waals surface area contributed by atoms with Crippen molar-refractivity contribution >= 4 is 37.5 Å². The molecule has 36 heavy (non-hydrogen) atoms. The van der Waals surface area contributed by atoms with Gasteiger partial charge < -0.3 is 14.0 Å². The minimum absolute atomic E-state index is 0.0251. The third-order valence-corrected chi connectivity index (χ3v) is 9.52. The molecule has 0 saturated heterocycles.